The number of ketones is 1. The van der Waals surface area contributed by atoms with E-state index >= 15 is 0 Å². The fraction of sp³-hybridized carbons (Fsp3) is 0.360. The van der Waals surface area contributed by atoms with Gasteiger partial charge in [-0.3, -0.25) is 9.59 Å². The zero-order valence-electron chi connectivity index (χ0n) is 18.4. The number of carbonyl (C=O) groups excluding carboxylic acids is 2. The number of aryl methyl sites for hydroxylation is 3. The molecule has 5 heteroatoms. The number of aliphatic hydroxyl groups excluding tert-OH is 1. The van der Waals surface area contributed by atoms with Gasteiger partial charge in [-0.15, -0.1) is 0 Å². The van der Waals surface area contributed by atoms with Crippen molar-refractivity contribution in [2.45, 2.75) is 33.2 Å². The summed E-state index contributed by atoms with van der Waals surface area (Å²) in [7, 11) is 3.86. The molecule has 1 N–H and O–H groups in total. The van der Waals surface area contributed by atoms with Gasteiger partial charge in [-0.25, -0.2) is 0 Å². The Kier molecular flexibility index (Phi) is 6.42. The van der Waals surface area contributed by atoms with Gasteiger partial charge in [0.25, 0.3) is 11.7 Å². The first-order chi connectivity index (χ1) is 14.2. The highest BCUT2D eigenvalue weighted by Crippen LogP contribution is 2.39. The Labute approximate surface area is 178 Å². The van der Waals surface area contributed by atoms with Crippen LogP contribution in [0.4, 0.5) is 0 Å². The van der Waals surface area contributed by atoms with Crippen LogP contribution in [0.1, 0.15) is 40.8 Å². The van der Waals surface area contributed by atoms with Crippen molar-refractivity contribution in [2.75, 3.05) is 27.2 Å². The third-order valence-corrected chi connectivity index (χ3v) is 5.68. The summed E-state index contributed by atoms with van der Waals surface area (Å²) >= 11 is 0. The fourth-order valence-electron chi connectivity index (χ4n) is 3.84. The highest BCUT2D eigenvalue weighted by atomic mass is 16.3. The van der Waals surface area contributed by atoms with Gasteiger partial charge in [0.1, 0.15) is 5.76 Å². The second kappa shape index (κ2) is 8.84. The third-order valence-electron chi connectivity index (χ3n) is 5.68. The van der Waals surface area contributed by atoms with Crippen LogP contribution in [0, 0.1) is 13.8 Å². The molecule has 0 bridgehead atoms. The number of carbonyl (C=O) groups is 2. The molecule has 1 aliphatic heterocycles. The minimum Gasteiger partial charge on any atom is -0.507 e. The van der Waals surface area contributed by atoms with Gasteiger partial charge >= 0.3 is 0 Å². The Bertz CT molecular complexity index is 990. The molecule has 2 aromatic carbocycles. The first kappa shape index (κ1) is 21.8. The SMILES string of the molecule is CCc1ccc(C2C(=C(O)c3cc(C)ccc3C)C(=O)C(=O)N2CCN(C)C)cc1. The van der Waals surface area contributed by atoms with Crippen LogP contribution in [0.15, 0.2) is 48.0 Å². The molecule has 3 rings (SSSR count). The van der Waals surface area contributed by atoms with E-state index in [9.17, 15) is 14.7 Å². The first-order valence-corrected chi connectivity index (χ1v) is 10.3. The van der Waals surface area contributed by atoms with Crippen molar-refractivity contribution >= 4 is 17.4 Å². The number of likely N-dealkylation sites (N-methyl/N-ethyl adjacent to an activating group) is 1. The molecule has 1 fully saturated rings. The maximum atomic E-state index is 13.1. The number of hydrogen-bond donors (Lipinski definition) is 1. The Morgan fingerprint density at radius 1 is 1.07 bits per heavy atom. The highest BCUT2D eigenvalue weighted by molar-refractivity contribution is 6.46. The number of amides is 1. The van der Waals surface area contributed by atoms with E-state index in [4.69, 9.17) is 0 Å². The third kappa shape index (κ3) is 4.17. The maximum Gasteiger partial charge on any atom is 0.295 e. The summed E-state index contributed by atoms with van der Waals surface area (Å²) < 4.78 is 0. The van der Waals surface area contributed by atoms with Crippen molar-refractivity contribution in [3.63, 3.8) is 0 Å². The normalized spacial score (nSPS) is 18.5. The van der Waals surface area contributed by atoms with Gasteiger partial charge < -0.3 is 14.9 Å². The van der Waals surface area contributed by atoms with Crippen molar-refractivity contribution in [3.8, 4) is 0 Å². The smallest absolute Gasteiger partial charge is 0.295 e. The van der Waals surface area contributed by atoms with Crippen molar-refractivity contribution in [1.29, 1.82) is 0 Å². The fourth-order valence-corrected chi connectivity index (χ4v) is 3.84. The van der Waals surface area contributed by atoms with Gasteiger partial charge in [0.05, 0.1) is 11.6 Å². The van der Waals surface area contributed by atoms with Crippen molar-refractivity contribution in [2.24, 2.45) is 0 Å². The maximum absolute atomic E-state index is 13.1. The topological polar surface area (TPSA) is 60.9 Å². The van der Waals surface area contributed by atoms with E-state index in [1.165, 1.54) is 5.56 Å². The molecule has 0 aromatic heterocycles. The average molecular weight is 407 g/mol. The van der Waals surface area contributed by atoms with Crippen LogP contribution >= 0.6 is 0 Å². The summed E-state index contributed by atoms with van der Waals surface area (Å²) in [5, 5.41) is 11.2. The Balaban J connectivity index is 2.18. The van der Waals surface area contributed by atoms with Crippen LogP contribution in [0.2, 0.25) is 0 Å². The van der Waals surface area contributed by atoms with E-state index in [1.54, 1.807) is 4.90 Å². The predicted octanol–water partition coefficient (Wildman–Crippen LogP) is 3.85. The molecule has 0 aliphatic carbocycles. The number of Topliss-reactive ketones (excluding diaryl/α,β-unsaturated/α-hetero) is 1. The lowest BCUT2D eigenvalue weighted by Gasteiger charge is -2.27. The molecule has 0 spiro atoms. The number of rotatable bonds is 6. The van der Waals surface area contributed by atoms with Gasteiger partial charge in [-0.05, 0) is 57.1 Å². The van der Waals surface area contributed by atoms with Crippen LogP contribution in [-0.4, -0.2) is 53.8 Å². The van der Waals surface area contributed by atoms with Crippen LogP contribution in [0.25, 0.3) is 5.76 Å². The van der Waals surface area contributed by atoms with Crippen LogP contribution in [0.5, 0.6) is 0 Å². The Morgan fingerprint density at radius 3 is 2.33 bits per heavy atom. The van der Waals surface area contributed by atoms with E-state index in [0.717, 1.165) is 23.1 Å². The summed E-state index contributed by atoms with van der Waals surface area (Å²) in [6.45, 7) is 6.94. The molecule has 30 heavy (non-hydrogen) atoms. The standard InChI is InChI=1S/C25H30N2O3/c1-6-18-9-11-19(12-10-18)22-21(23(28)20-15-16(2)7-8-17(20)3)24(29)25(30)27(22)14-13-26(4)5/h7-12,15,22,28H,6,13-14H2,1-5H3. The summed E-state index contributed by atoms with van der Waals surface area (Å²) in [4.78, 5) is 29.5. The lowest BCUT2D eigenvalue weighted by atomic mass is 9.92. The molecule has 5 nitrogen and oxygen atoms in total. The summed E-state index contributed by atoms with van der Waals surface area (Å²) in [6, 6.07) is 13.1. The van der Waals surface area contributed by atoms with Gasteiger partial charge in [0, 0.05) is 18.7 Å². The van der Waals surface area contributed by atoms with Crippen LogP contribution < -0.4 is 0 Å². The van der Waals surface area contributed by atoms with Gasteiger partial charge in [0.2, 0.25) is 0 Å². The number of aliphatic hydroxyl groups is 1. The molecule has 1 aliphatic rings. The Morgan fingerprint density at radius 2 is 1.73 bits per heavy atom. The van der Waals surface area contributed by atoms with Gasteiger partial charge in [-0.2, -0.15) is 0 Å². The number of hydrogen-bond acceptors (Lipinski definition) is 4. The predicted molar refractivity (Wildman–Crippen MR) is 119 cm³/mol. The summed E-state index contributed by atoms with van der Waals surface area (Å²) in [6.07, 6.45) is 0.906. The highest BCUT2D eigenvalue weighted by Gasteiger charge is 2.46. The van der Waals surface area contributed by atoms with Crippen LogP contribution in [0.3, 0.4) is 0 Å². The molecular weight excluding hydrogens is 376 g/mol. The van der Waals surface area contributed by atoms with Gasteiger partial charge in [0.15, 0.2) is 0 Å². The molecule has 0 radical (unpaired) electrons. The Hall–Kier alpha value is -2.92. The van der Waals surface area contributed by atoms with E-state index in [0.29, 0.717) is 18.7 Å². The minimum atomic E-state index is -0.628. The molecule has 158 valence electrons. The molecule has 1 unspecified atom stereocenters. The minimum absolute atomic E-state index is 0.105. The molecule has 0 saturated carbocycles. The average Bonchev–Trinajstić information content (AvgIpc) is 2.98. The number of benzene rings is 2. The second-order valence-corrected chi connectivity index (χ2v) is 8.21. The van der Waals surface area contributed by atoms with Crippen molar-refractivity contribution in [1.82, 2.24) is 9.80 Å². The van der Waals surface area contributed by atoms with Crippen LogP contribution in [-0.2, 0) is 16.0 Å². The quantitative estimate of drug-likeness (QED) is 0.450. The van der Waals surface area contributed by atoms with Gasteiger partial charge in [-0.1, -0.05) is 48.9 Å². The van der Waals surface area contributed by atoms with E-state index < -0.39 is 17.7 Å². The van der Waals surface area contributed by atoms with E-state index in [-0.39, 0.29) is 11.3 Å². The van der Waals surface area contributed by atoms with Crippen molar-refractivity contribution in [3.05, 3.63) is 75.9 Å². The lowest BCUT2D eigenvalue weighted by Crippen LogP contribution is -2.35. The first-order valence-electron chi connectivity index (χ1n) is 10.3. The van der Waals surface area contributed by atoms with E-state index in [2.05, 4.69) is 6.92 Å². The zero-order valence-corrected chi connectivity index (χ0v) is 18.4. The molecule has 1 amide bonds. The van der Waals surface area contributed by atoms with Crippen molar-refractivity contribution < 1.29 is 14.7 Å². The second-order valence-electron chi connectivity index (χ2n) is 8.21. The summed E-state index contributed by atoms with van der Waals surface area (Å²) in [5.41, 5.74) is 4.61. The van der Waals surface area contributed by atoms with E-state index in [1.807, 2.05) is 75.3 Å². The molecular formula is C25H30N2O3. The monoisotopic (exact) mass is 406 g/mol. The largest absolute Gasteiger partial charge is 0.507 e. The molecule has 1 saturated heterocycles. The lowest BCUT2D eigenvalue weighted by molar-refractivity contribution is -0.140. The number of likely N-dealkylation sites (tertiary alicyclic amines) is 1. The molecule has 2 aromatic rings. The number of nitrogens with zero attached hydrogens (tertiary/aromatic N) is 2. The zero-order chi connectivity index (χ0) is 22.0. The molecule has 1 heterocycles. The molecule has 1 atom stereocenters. The summed E-state index contributed by atoms with van der Waals surface area (Å²) in [5.74, 6) is -1.29.